The highest BCUT2D eigenvalue weighted by Gasteiger charge is 2.42. The topological polar surface area (TPSA) is 38.3 Å². The van der Waals surface area contributed by atoms with Gasteiger partial charge in [-0.2, -0.15) is 0 Å². The van der Waals surface area contributed by atoms with E-state index in [9.17, 15) is 4.79 Å². The van der Waals surface area contributed by atoms with Gasteiger partial charge in [-0.3, -0.25) is 10.1 Å². The average Bonchev–Trinajstić information content (AvgIpc) is 3.01. The van der Waals surface area contributed by atoms with Gasteiger partial charge in [0.25, 0.3) is 0 Å². The van der Waals surface area contributed by atoms with Gasteiger partial charge in [-0.05, 0) is 50.0 Å². The minimum Gasteiger partial charge on any atom is -0.465 e. The van der Waals surface area contributed by atoms with E-state index in [0.717, 1.165) is 38.1 Å². The molecule has 1 fully saturated rings. The summed E-state index contributed by atoms with van der Waals surface area (Å²) < 4.78 is 5.35. The molecular formula is C17H27NO2S. The van der Waals surface area contributed by atoms with Crippen LogP contribution in [0.3, 0.4) is 0 Å². The zero-order valence-corrected chi connectivity index (χ0v) is 14.0. The number of esters is 1. The van der Waals surface area contributed by atoms with Gasteiger partial charge in [0, 0.05) is 11.4 Å². The van der Waals surface area contributed by atoms with Crippen molar-refractivity contribution in [2.24, 2.45) is 5.92 Å². The second-order valence-electron chi connectivity index (χ2n) is 5.97. The Labute approximate surface area is 132 Å². The fourth-order valence-corrected chi connectivity index (χ4v) is 3.90. The standard InChI is InChI=1S/C17H27NO2S/c1-3-6-14-8-10-17(11-9-14,16(19)20-4-2)18-13-15-7-5-12-21-15/h5,7,12,14,18H,3-4,6,8-11,13H2,1-2H3. The van der Waals surface area contributed by atoms with Gasteiger partial charge in [0.1, 0.15) is 5.54 Å². The Bertz CT molecular complexity index is 422. The molecule has 1 saturated carbocycles. The Hall–Kier alpha value is -0.870. The number of rotatable bonds is 7. The summed E-state index contributed by atoms with van der Waals surface area (Å²) in [5.74, 6) is 0.720. The number of nitrogens with one attached hydrogen (secondary N) is 1. The molecule has 21 heavy (non-hydrogen) atoms. The zero-order chi connectivity index (χ0) is 15.1. The van der Waals surface area contributed by atoms with Crippen molar-refractivity contribution in [1.29, 1.82) is 0 Å². The molecule has 1 N–H and O–H groups in total. The van der Waals surface area contributed by atoms with Crippen molar-refractivity contribution in [1.82, 2.24) is 5.32 Å². The molecule has 1 heterocycles. The molecule has 118 valence electrons. The van der Waals surface area contributed by atoms with E-state index in [-0.39, 0.29) is 5.97 Å². The van der Waals surface area contributed by atoms with Gasteiger partial charge in [-0.1, -0.05) is 25.8 Å². The fraction of sp³-hybridized carbons (Fsp3) is 0.706. The molecule has 3 nitrogen and oxygen atoms in total. The van der Waals surface area contributed by atoms with E-state index in [1.165, 1.54) is 17.7 Å². The van der Waals surface area contributed by atoms with Crippen molar-refractivity contribution < 1.29 is 9.53 Å². The van der Waals surface area contributed by atoms with Crippen LogP contribution < -0.4 is 5.32 Å². The molecule has 0 bridgehead atoms. The highest BCUT2D eigenvalue weighted by Crippen LogP contribution is 2.35. The molecule has 1 aliphatic carbocycles. The summed E-state index contributed by atoms with van der Waals surface area (Å²) in [5.41, 5.74) is -0.468. The largest absolute Gasteiger partial charge is 0.465 e. The molecule has 0 unspecified atom stereocenters. The van der Waals surface area contributed by atoms with E-state index in [2.05, 4.69) is 29.8 Å². The molecule has 0 aliphatic heterocycles. The molecular weight excluding hydrogens is 282 g/mol. The maximum absolute atomic E-state index is 12.5. The lowest BCUT2D eigenvalue weighted by Gasteiger charge is -2.38. The summed E-state index contributed by atoms with van der Waals surface area (Å²) in [6, 6.07) is 4.16. The maximum Gasteiger partial charge on any atom is 0.326 e. The first-order chi connectivity index (χ1) is 10.2. The predicted octanol–water partition coefficient (Wildman–Crippen LogP) is 4.13. The van der Waals surface area contributed by atoms with Crippen LogP contribution in [-0.2, 0) is 16.1 Å². The third-order valence-electron chi connectivity index (χ3n) is 4.50. The highest BCUT2D eigenvalue weighted by molar-refractivity contribution is 7.09. The van der Waals surface area contributed by atoms with Crippen LogP contribution in [0.5, 0.6) is 0 Å². The SMILES string of the molecule is CCCC1CCC(NCc2cccs2)(C(=O)OCC)CC1. The Kier molecular flexibility index (Phi) is 6.24. The third-order valence-corrected chi connectivity index (χ3v) is 5.38. The molecule has 1 aliphatic rings. The predicted molar refractivity (Wildman–Crippen MR) is 87.4 cm³/mol. The second kappa shape index (κ2) is 7.95. The summed E-state index contributed by atoms with van der Waals surface area (Å²) >= 11 is 1.73. The quantitative estimate of drug-likeness (QED) is 0.770. The summed E-state index contributed by atoms with van der Waals surface area (Å²) in [5, 5.41) is 5.60. The van der Waals surface area contributed by atoms with Crippen LogP contribution in [0.2, 0.25) is 0 Å². The Morgan fingerprint density at radius 3 is 2.76 bits per heavy atom. The number of hydrogen-bond donors (Lipinski definition) is 1. The molecule has 0 spiro atoms. The van der Waals surface area contributed by atoms with Crippen LogP contribution in [0.1, 0.15) is 57.2 Å². The summed E-state index contributed by atoms with van der Waals surface area (Å²) in [6.07, 6.45) is 6.58. The van der Waals surface area contributed by atoms with Crippen LogP contribution >= 0.6 is 11.3 Å². The third kappa shape index (κ3) is 4.30. The van der Waals surface area contributed by atoms with Crippen molar-refractivity contribution in [2.75, 3.05) is 6.61 Å². The van der Waals surface area contributed by atoms with Gasteiger partial charge in [0.15, 0.2) is 0 Å². The summed E-state index contributed by atoms with van der Waals surface area (Å²) in [4.78, 5) is 13.7. The molecule has 1 aromatic heterocycles. The Morgan fingerprint density at radius 1 is 1.43 bits per heavy atom. The normalized spacial score (nSPS) is 25.7. The van der Waals surface area contributed by atoms with Crippen LogP contribution in [-0.4, -0.2) is 18.1 Å². The molecule has 1 aromatic rings. The Balaban J connectivity index is 1.99. The van der Waals surface area contributed by atoms with Gasteiger partial charge in [-0.15, -0.1) is 11.3 Å². The number of hydrogen-bond acceptors (Lipinski definition) is 4. The van der Waals surface area contributed by atoms with E-state index in [4.69, 9.17) is 4.74 Å². The first-order valence-electron chi connectivity index (χ1n) is 8.15. The summed E-state index contributed by atoms with van der Waals surface area (Å²) in [7, 11) is 0. The van der Waals surface area contributed by atoms with Gasteiger partial charge in [0.2, 0.25) is 0 Å². The van der Waals surface area contributed by atoms with Crippen LogP contribution in [0.4, 0.5) is 0 Å². The van der Waals surface area contributed by atoms with Crippen molar-refractivity contribution >= 4 is 17.3 Å². The first kappa shape index (κ1) is 16.5. The smallest absolute Gasteiger partial charge is 0.326 e. The van der Waals surface area contributed by atoms with E-state index in [1.54, 1.807) is 11.3 Å². The molecule has 4 heteroatoms. The number of carbonyl (C=O) groups is 1. The van der Waals surface area contributed by atoms with Crippen molar-refractivity contribution in [2.45, 2.75) is 64.5 Å². The molecule has 2 rings (SSSR count). The minimum atomic E-state index is -0.468. The lowest BCUT2D eigenvalue weighted by Crippen LogP contribution is -2.54. The molecule has 0 saturated heterocycles. The van der Waals surface area contributed by atoms with Crippen LogP contribution in [0.25, 0.3) is 0 Å². The molecule has 0 atom stereocenters. The maximum atomic E-state index is 12.5. The molecule has 0 amide bonds. The zero-order valence-electron chi connectivity index (χ0n) is 13.2. The van der Waals surface area contributed by atoms with Crippen molar-refractivity contribution in [3.63, 3.8) is 0 Å². The van der Waals surface area contributed by atoms with E-state index in [0.29, 0.717) is 6.61 Å². The van der Waals surface area contributed by atoms with E-state index < -0.39 is 5.54 Å². The first-order valence-corrected chi connectivity index (χ1v) is 9.02. The minimum absolute atomic E-state index is 0.0588. The molecule has 0 radical (unpaired) electrons. The number of carbonyl (C=O) groups excluding carboxylic acids is 1. The van der Waals surface area contributed by atoms with Crippen molar-refractivity contribution in [3.8, 4) is 0 Å². The fourth-order valence-electron chi connectivity index (χ4n) is 3.26. The lowest BCUT2D eigenvalue weighted by molar-refractivity contribution is -0.153. The number of thiophene rings is 1. The molecule has 0 aromatic carbocycles. The lowest BCUT2D eigenvalue weighted by atomic mass is 9.75. The van der Waals surface area contributed by atoms with Crippen LogP contribution in [0, 0.1) is 5.92 Å². The van der Waals surface area contributed by atoms with Crippen LogP contribution in [0.15, 0.2) is 17.5 Å². The van der Waals surface area contributed by atoms with E-state index in [1.807, 2.05) is 6.92 Å². The van der Waals surface area contributed by atoms with E-state index >= 15 is 0 Å². The van der Waals surface area contributed by atoms with Gasteiger partial charge in [-0.25, -0.2) is 0 Å². The monoisotopic (exact) mass is 309 g/mol. The van der Waals surface area contributed by atoms with Gasteiger partial charge in [0.05, 0.1) is 6.61 Å². The number of ether oxygens (including phenoxy) is 1. The summed E-state index contributed by atoms with van der Waals surface area (Å²) in [6.45, 7) is 5.34. The Morgan fingerprint density at radius 2 is 2.19 bits per heavy atom. The average molecular weight is 309 g/mol. The van der Waals surface area contributed by atoms with Crippen molar-refractivity contribution in [3.05, 3.63) is 22.4 Å². The highest BCUT2D eigenvalue weighted by atomic mass is 32.1. The second-order valence-corrected chi connectivity index (χ2v) is 7.00. The van der Waals surface area contributed by atoms with Gasteiger partial charge >= 0.3 is 5.97 Å². The van der Waals surface area contributed by atoms with Gasteiger partial charge < -0.3 is 4.74 Å².